The van der Waals surface area contributed by atoms with Gasteiger partial charge in [0.2, 0.25) is 5.91 Å². The second kappa shape index (κ2) is 7.47. The molecule has 0 bridgehead atoms. The summed E-state index contributed by atoms with van der Waals surface area (Å²) in [6, 6.07) is -0.410. The molecule has 0 aliphatic carbocycles. The summed E-state index contributed by atoms with van der Waals surface area (Å²) in [5.74, 6) is -0.107. The molecule has 0 spiro atoms. The van der Waals surface area contributed by atoms with Gasteiger partial charge in [-0.2, -0.15) is 0 Å². The van der Waals surface area contributed by atoms with E-state index < -0.39 is 17.7 Å². The van der Waals surface area contributed by atoms with E-state index in [0.717, 1.165) is 12.8 Å². The smallest absolute Gasteiger partial charge is 0.410 e. The number of hydrogen-bond acceptors (Lipinski definition) is 4. The van der Waals surface area contributed by atoms with Crippen LogP contribution in [-0.4, -0.2) is 55.3 Å². The summed E-state index contributed by atoms with van der Waals surface area (Å²) in [7, 11) is 1.63. The molecule has 1 heterocycles. The van der Waals surface area contributed by atoms with Crippen molar-refractivity contribution in [2.24, 2.45) is 0 Å². The van der Waals surface area contributed by atoms with Crippen molar-refractivity contribution < 1.29 is 19.1 Å². The van der Waals surface area contributed by atoms with Gasteiger partial charge in [-0.25, -0.2) is 4.79 Å². The van der Waals surface area contributed by atoms with E-state index >= 15 is 0 Å². The Balaban J connectivity index is 2.47. The first-order valence-electron chi connectivity index (χ1n) is 7.11. The molecule has 6 nitrogen and oxygen atoms in total. The highest BCUT2D eigenvalue weighted by Crippen LogP contribution is 2.20. The second-order valence-corrected chi connectivity index (χ2v) is 5.97. The van der Waals surface area contributed by atoms with Crippen LogP contribution in [0.4, 0.5) is 4.79 Å². The Morgan fingerprint density at radius 2 is 2.05 bits per heavy atom. The van der Waals surface area contributed by atoms with E-state index in [4.69, 9.17) is 9.47 Å². The predicted molar refractivity (Wildman–Crippen MR) is 75.5 cm³/mol. The zero-order valence-corrected chi connectivity index (χ0v) is 12.9. The fraction of sp³-hybridized carbons (Fsp3) is 0.857. The van der Waals surface area contributed by atoms with Crippen LogP contribution in [-0.2, 0) is 14.3 Å². The summed E-state index contributed by atoms with van der Waals surface area (Å²) in [5, 5.41) is 2.84. The Hall–Kier alpha value is -1.30. The van der Waals surface area contributed by atoms with Crippen LogP contribution in [0.1, 0.15) is 40.0 Å². The van der Waals surface area contributed by atoms with Crippen LogP contribution in [0.2, 0.25) is 0 Å². The Kier molecular flexibility index (Phi) is 6.26. The average molecular weight is 286 g/mol. The van der Waals surface area contributed by atoms with Crippen molar-refractivity contribution in [3.63, 3.8) is 0 Å². The zero-order valence-electron chi connectivity index (χ0n) is 12.9. The number of carbonyl (C=O) groups excluding carboxylic acids is 2. The lowest BCUT2D eigenvalue weighted by molar-refractivity contribution is -0.125. The zero-order chi connectivity index (χ0) is 15.2. The number of likely N-dealkylation sites (tertiary alicyclic amines) is 1. The topological polar surface area (TPSA) is 67.9 Å². The predicted octanol–water partition coefficient (Wildman–Crippen LogP) is 1.54. The van der Waals surface area contributed by atoms with E-state index in [1.165, 1.54) is 4.90 Å². The Bertz CT molecular complexity index is 339. The molecule has 0 aromatic carbocycles. The fourth-order valence-electron chi connectivity index (χ4n) is 2.12. The molecule has 1 atom stereocenters. The van der Waals surface area contributed by atoms with Gasteiger partial charge in [0.05, 0.1) is 0 Å². The molecule has 1 saturated heterocycles. The standard InChI is InChI=1S/C14H26N2O4/c1-14(2,3)20-13(18)16-9-5-7-11(16)12(17)15-8-6-10-19-4/h11H,5-10H2,1-4H3,(H,15,17). The summed E-state index contributed by atoms with van der Waals surface area (Å²) in [6.07, 6.45) is 1.87. The minimum absolute atomic E-state index is 0.107. The van der Waals surface area contributed by atoms with Crippen LogP contribution in [0.15, 0.2) is 0 Å². The molecule has 1 aliphatic rings. The van der Waals surface area contributed by atoms with Gasteiger partial charge in [-0.3, -0.25) is 9.69 Å². The largest absolute Gasteiger partial charge is 0.444 e. The van der Waals surface area contributed by atoms with Crippen molar-refractivity contribution in [2.45, 2.75) is 51.7 Å². The second-order valence-electron chi connectivity index (χ2n) is 5.97. The number of ether oxygens (including phenoxy) is 2. The van der Waals surface area contributed by atoms with Crippen LogP contribution in [0.3, 0.4) is 0 Å². The van der Waals surface area contributed by atoms with E-state index in [0.29, 0.717) is 26.1 Å². The number of carbonyl (C=O) groups is 2. The third kappa shape index (κ3) is 5.36. The van der Waals surface area contributed by atoms with Gasteiger partial charge in [-0.05, 0) is 40.0 Å². The molecule has 116 valence electrons. The van der Waals surface area contributed by atoms with Gasteiger partial charge < -0.3 is 14.8 Å². The molecule has 1 aliphatic heterocycles. The molecule has 0 saturated carbocycles. The van der Waals surface area contributed by atoms with Gasteiger partial charge in [0.1, 0.15) is 11.6 Å². The Morgan fingerprint density at radius 1 is 1.35 bits per heavy atom. The maximum absolute atomic E-state index is 12.1. The lowest BCUT2D eigenvalue weighted by atomic mass is 10.2. The van der Waals surface area contributed by atoms with Gasteiger partial charge >= 0.3 is 6.09 Å². The van der Waals surface area contributed by atoms with Gasteiger partial charge in [0.15, 0.2) is 0 Å². The first-order valence-corrected chi connectivity index (χ1v) is 7.11. The van der Waals surface area contributed by atoms with Gasteiger partial charge in [-0.15, -0.1) is 0 Å². The lowest BCUT2D eigenvalue weighted by Gasteiger charge is -2.28. The van der Waals surface area contributed by atoms with E-state index in [1.54, 1.807) is 7.11 Å². The molecule has 1 rings (SSSR count). The number of hydrogen-bond donors (Lipinski definition) is 1. The molecule has 6 heteroatoms. The Labute approximate surface area is 120 Å². The maximum atomic E-state index is 12.1. The summed E-state index contributed by atoms with van der Waals surface area (Å²) >= 11 is 0. The number of methoxy groups -OCH3 is 1. The molecule has 0 aromatic rings. The summed E-state index contributed by atoms with van der Waals surface area (Å²) < 4.78 is 10.3. The molecule has 1 fully saturated rings. The first-order chi connectivity index (χ1) is 9.35. The van der Waals surface area contributed by atoms with E-state index in [1.807, 2.05) is 20.8 Å². The monoisotopic (exact) mass is 286 g/mol. The maximum Gasteiger partial charge on any atom is 0.410 e. The first kappa shape index (κ1) is 16.8. The van der Waals surface area contributed by atoms with E-state index in [2.05, 4.69) is 5.32 Å². The lowest BCUT2D eigenvalue weighted by Crippen LogP contribution is -2.47. The summed E-state index contributed by atoms with van der Waals surface area (Å²) in [6.45, 7) is 7.21. The minimum atomic E-state index is -0.542. The summed E-state index contributed by atoms with van der Waals surface area (Å²) in [5.41, 5.74) is -0.542. The molecule has 0 aromatic heterocycles. The van der Waals surface area contributed by atoms with Crippen LogP contribution in [0.25, 0.3) is 0 Å². The highest BCUT2D eigenvalue weighted by molar-refractivity contribution is 5.86. The Morgan fingerprint density at radius 3 is 2.65 bits per heavy atom. The number of nitrogens with one attached hydrogen (secondary N) is 1. The molecule has 2 amide bonds. The normalized spacial score (nSPS) is 19.0. The van der Waals surface area contributed by atoms with Crippen LogP contribution in [0, 0.1) is 0 Å². The molecule has 1 unspecified atom stereocenters. The highest BCUT2D eigenvalue weighted by atomic mass is 16.6. The third-order valence-electron chi connectivity index (χ3n) is 3.01. The van der Waals surface area contributed by atoms with Crippen LogP contribution in [0.5, 0.6) is 0 Å². The van der Waals surface area contributed by atoms with Crippen molar-refractivity contribution in [1.29, 1.82) is 0 Å². The third-order valence-corrected chi connectivity index (χ3v) is 3.01. The van der Waals surface area contributed by atoms with Gasteiger partial charge in [-0.1, -0.05) is 0 Å². The van der Waals surface area contributed by atoms with Crippen molar-refractivity contribution in [1.82, 2.24) is 10.2 Å². The van der Waals surface area contributed by atoms with Crippen molar-refractivity contribution in [2.75, 3.05) is 26.8 Å². The van der Waals surface area contributed by atoms with Gasteiger partial charge in [0, 0.05) is 26.8 Å². The molecule has 20 heavy (non-hydrogen) atoms. The minimum Gasteiger partial charge on any atom is -0.444 e. The molecular formula is C14H26N2O4. The fourth-order valence-corrected chi connectivity index (χ4v) is 2.12. The van der Waals surface area contributed by atoms with Crippen LogP contribution < -0.4 is 5.32 Å². The van der Waals surface area contributed by atoms with E-state index in [9.17, 15) is 9.59 Å². The quantitative estimate of drug-likeness (QED) is 0.778. The van der Waals surface area contributed by atoms with Crippen molar-refractivity contribution in [3.05, 3.63) is 0 Å². The molecule has 0 radical (unpaired) electrons. The number of amides is 2. The number of nitrogens with zero attached hydrogens (tertiary/aromatic N) is 1. The van der Waals surface area contributed by atoms with Crippen LogP contribution >= 0.6 is 0 Å². The highest BCUT2D eigenvalue weighted by Gasteiger charge is 2.36. The van der Waals surface area contributed by atoms with E-state index in [-0.39, 0.29) is 5.91 Å². The number of rotatable bonds is 5. The molecule has 1 N–H and O–H groups in total. The van der Waals surface area contributed by atoms with Gasteiger partial charge in [0.25, 0.3) is 0 Å². The van der Waals surface area contributed by atoms with Crippen molar-refractivity contribution in [3.8, 4) is 0 Å². The average Bonchev–Trinajstić information content (AvgIpc) is 2.81. The SMILES string of the molecule is COCCCNC(=O)C1CCCN1C(=O)OC(C)(C)C. The van der Waals surface area contributed by atoms with Crippen molar-refractivity contribution >= 4 is 12.0 Å². The summed E-state index contributed by atoms with van der Waals surface area (Å²) in [4.78, 5) is 25.7. The molecular weight excluding hydrogens is 260 g/mol.